The number of thioether (sulfide) groups is 1. The monoisotopic (exact) mass is 358 g/mol. The van der Waals surface area contributed by atoms with Crippen molar-refractivity contribution in [2.24, 2.45) is 0 Å². The highest BCUT2D eigenvalue weighted by atomic mass is 79.9. The van der Waals surface area contributed by atoms with Gasteiger partial charge in [0.05, 0.1) is 12.8 Å². The molecule has 6 heteroatoms. The normalized spacial score (nSPS) is 18.6. The number of methoxy groups -OCH3 is 1. The van der Waals surface area contributed by atoms with Crippen LogP contribution in [-0.4, -0.2) is 37.1 Å². The minimum atomic E-state index is 0.0220. The third-order valence-corrected chi connectivity index (χ3v) is 4.77. The molecule has 1 aromatic rings. The SMILES string of the molecule is COc1cc(Br)cc(C)c1NC(=O)CC1CSCCN1. The van der Waals surface area contributed by atoms with Crippen LogP contribution in [0.15, 0.2) is 16.6 Å². The van der Waals surface area contributed by atoms with Crippen molar-refractivity contribution in [3.8, 4) is 5.75 Å². The van der Waals surface area contributed by atoms with Gasteiger partial charge in [-0.1, -0.05) is 15.9 Å². The lowest BCUT2D eigenvalue weighted by atomic mass is 10.1. The first kappa shape index (κ1) is 15.7. The maximum absolute atomic E-state index is 12.2. The van der Waals surface area contributed by atoms with E-state index in [-0.39, 0.29) is 11.9 Å². The Morgan fingerprint density at radius 2 is 2.40 bits per heavy atom. The second-order valence-electron chi connectivity index (χ2n) is 4.78. The molecular weight excluding hydrogens is 340 g/mol. The number of benzene rings is 1. The first-order valence-corrected chi connectivity index (χ1v) is 8.50. The molecule has 0 bridgehead atoms. The predicted octanol–water partition coefficient (Wildman–Crippen LogP) is 2.80. The molecular formula is C14H19BrN2O2S. The highest BCUT2D eigenvalue weighted by Gasteiger charge is 2.18. The van der Waals surface area contributed by atoms with Crippen LogP contribution in [0.4, 0.5) is 5.69 Å². The van der Waals surface area contributed by atoms with Crippen molar-refractivity contribution in [2.45, 2.75) is 19.4 Å². The fourth-order valence-electron chi connectivity index (χ4n) is 2.20. The second-order valence-corrected chi connectivity index (χ2v) is 6.84. The summed E-state index contributed by atoms with van der Waals surface area (Å²) in [4.78, 5) is 12.2. The van der Waals surface area contributed by atoms with E-state index in [2.05, 4.69) is 26.6 Å². The topological polar surface area (TPSA) is 50.4 Å². The first-order valence-electron chi connectivity index (χ1n) is 6.55. The molecule has 20 heavy (non-hydrogen) atoms. The number of carbonyl (C=O) groups is 1. The Kier molecular flexibility index (Phi) is 5.74. The van der Waals surface area contributed by atoms with Gasteiger partial charge >= 0.3 is 0 Å². The van der Waals surface area contributed by atoms with Crippen molar-refractivity contribution in [1.29, 1.82) is 0 Å². The number of hydrogen-bond donors (Lipinski definition) is 2. The Balaban J connectivity index is 2.03. The molecule has 1 saturated heterocycles. The Labute approximate surface area is 132 Å². The van der Waals surface area contributed by atoms with Gasteiger partial charge in [-0.05, 0) is 24.6 Å². The van der Waals surface area contributed by atoms with Gasteiger partial charge in [-0.3, -0.25) is 4.79 Å². The number of aryl methyl sites for hydroxylation is 1. The summed E-state index contributed by atoms with van der Waals surface area (Å²) in [6, 6.07) is 4.08. The van der Waals surface area contributed by atoms with Crippen molar-refractivity contribution in [3.05, 3.63) is 22.2 Å². The van der Waals surface area contributed by atoms with Gasteiger partial charge in [-0.2, -0.15) is 11.8 Å². The predicted molar refractivity (Wildman–Crippen MR) is 87.8 cm³/mol. The van der Waals surface area contributed by atoms with Gasteiger partial charge in [0.15, 0.2) is 0 Å². The van der Waals surface area contributed by atoms with E-state index in [9.17, 15) is 4.79 Å². The average Bonchev–Trinajstić information content (AvgIpc) is 2.42. The summed E-state index contributed by atoms with van der Waals surface area (Å²) in [5.41, 5.74) is 1.74. The first-order chi connectivity index (χ1) is 9.60. The van der Waals surface area contributed by atoms with Gasteiger partial charge in [-0.25, -0.2) is 0 Å². The molecule has 0 aliphatic carbocycles. The number of anilines is 1. The molecule has 1 aromatic carbocycles. The smallest absolute Gasteiger partial charge is 0.226 e. The maximum atomic E-state index is 12.2. The molecule has 0 radical (unpaired) electrons. The molecule has 1 aliphatic heterocycles. The molecule has 1 atom stereocenters. The second kappa shape index (κ2) is 7.33. The lowest BCUT2D eigenvalue weighted by molar-refractivity contribution is -0.116. The molecule has 110 valence electrons. The summed E-state index contributed by atoms with van der Waals surface area (Å²) in [6.45, 7) is 2.93. The molecule has 0 spiro atoms. The molecule has 4 nitrogen and oxygen atoms in total. The quantitative estimate of drug-likeness (QED) is 0.868. The fraction of sp³-hybridized carbons (Fsp3) is 0.500. The van der Waals surface area contributed by atoms with Crippen molar-refractivity contribution in [3.63, 3.8) is 0 Å². The molecule has 1 aliphatic rings. The van der Waals surface area contributed by atoms with Gasteiger partial charge in [0, 0.05) is 35.0 Å². The van der Waals surface area contributed by atoms with Crippen LogP contribution in [0.1, 0.15) is 12.0 Å². The van der Waals surface area contributed by atoms with E-state index in [4.69, 9.17) is 4.74 Å². The van der Waals surface area contributed by atoms with E-state index in [1.54, 1.807) is 7.11 Å². The zero-order valence-electron chi connectivity index (χ0n) is 11.7. The highest BCUT2D eigenvalue weighted by molar-refractivity contribution is 9.10. The summed E-state index contributed by atoms with van der Waals surface area (Å²) >= 11 is 5.32. The molecule has 0 saturated carbocycles. The van der Waals surface area contributed by atoms with E-state index < -0.39 is 0 Å². The Morgan fingerprint density at radius 3 is 3.05 bits per heavy atom. The Hall–Kier alpha value is -0.720. The molecule has 0 aromatic heterocycles. The number of hydrogen-bond acceptors (Lipinski definition) is 4. The molecule has 1 amide bonds. The summed E-state index contributed by atoms with van der Waals surface area (Å²) in [7, 11) is 1.61. The summed E-state index contributed by atoms with van der Waals surface area (Å²) in [5.74, 6) is 2.81. The standard InChI is InChI=1S/C14H19BrN2O2S/c1-9-5-10(15)6-12(19-2)14(9)17-13(18)7-11-8-20-4-3-16-11/h5-6,11,16H,3-4,7-8H2,1-2H3,(H,17,18). The molecule has 1 heterocycles. The number of carbonyl (C=O) groups excluding carboxylic acids is 1. The number of amides is 1. The van der Waals surface area contributed by atoms with E-state index in [1.165, 1.54) is 0 Å². The Bertz CT molecular complexity index is 490. The largest absolute Gasteiger partial charge is 0.495 e. The van der Waals surface area contributed by atoms with Crippen LogP contribution >= 0.6 is 27.7 Å². The van der Waals surface area contributed by atoms with Crippen molar-refractivity contribution >= 4 is 39.3 Å². The van der Waals surface area contributed by atoms with Gasteiger partial charge in [0.1, 0.15) is 5.75 Å². The van der Waals surface area contributed by atoms with Crippen LogP contribution in [0.2, 0.25) is 0 Å². The van der Waals surface area contributed by atoms with Gasteiger partial charge in [-0.15, -0.1) is 0 Å². The lowest BCUT2D eigenvalue weighted by Gasteiger charge is -2.23. The number of nitrogens with one attached hydrogen (secondary N) is 2. The van der Waals surface area contributed by atoms with Gasteiger partial charge in [0.2, 0.25) is 5.91 Å². The van der Waals surface area contributed by atoms with Crippen LogP contribution in [0, 0.1) is 6.92 Å². The minimum absolute atomic E-state index is 0.0220. The number of ether oxygens (including phenoxy) is 1. The van der Waals surface area contributed by atoms with Gasteiger partial charge < -0.3 is 15.4 Å². The van der Waals surface area contributed by atoms with E-state index in [1.807, 2.05) is 30.8 Å². The van der Waals surface area contributed by atoms with E-state index in [0.717, 1.165) is 33.8 Å². The van der Waals surface area contributed by atoms with Crippen LogP contribution in [0.5, 0.6) is 5.75 Å². The molecule has 1 unspecified atom stereocenters. The van der Waals surface area contributed by atoms with Crippen molar-refractivity contribution in [2.75, 3.05) is 30.5 Å². The Morgan fingerprint density at radius 1 is 1.60 bits per heavy atom. The zero-order chi connectivity index (χ0) is 14.5. The van der Waals surface area contributed by atoms with Crippen LogP contribution in [-0.2, 0) is 4.79 Å². The van der Waals surface area contributed by atoms with Crippen LogP contribution in [0.3, 0.4) is 0 Å². The van der Waals surface area contributed by atoms with Gasteiger partial charge in [0.25, 0.3) is 0 Å². The number of rotatable bonds is 4. The average molecular weight is 359 g/mol. The van der Waals surface area contributed by atoms with E-state index >= 15 is 0 Å². The zero-order valence-corrected chi connectivity index (χ0v) is 14.1. The van der Waals surface area contributed by atoms with E-state index in [0.29, 0.717) is 12.2 Å². The molecule has 2 rings (SSSR count). The third-order valence-electron chi connectivity index (χ3n) is 3.18. The van der Waals surface area contributed by atoms with Crippen LogP contribution < -0.4 is 15.4 Å². The highest BCUT2D eigenvalue weighted by Crippen LogP contribution is 2.32. The summed E-state index contributed by atoms with van der Waals surface area (Å²) in [5, 5.41) is 6.34. The number of halogens is 1. The van der Waals surface area contributed by atoms with Crippen molar-refractivity contribution < 1.29 is 9.53 Å². The van der Waals surface area contributed by atoms with Crippen molar-refractivity contribution in [1.82, 2.24) is 5.32 Å². The lowest BCUT2D eigenvalue weighted by Crippen LogP contribution is -2.40. The molecule has 2 N–H and O–H groups in total. The fourth-order valence-corrected chi connectivity index (χ4v) is 3.70. The minimum Gasteiger partial charge on any atom is -0.495 e. The third kappa shape index (κ3) is 4.14. The molecule has 1 fully saturated rings. The summed E-state index contributed by atoms with van der Waals surface area (Å²) in [6.07, 6.45) is 0.492. The maximum Gasteiger partial charge on any atom is 0.226 e. The summed E-state index contributed by atoms with van der Waals surface area (Å²) < 4.78 is 6.27. The van der Waals surface area contributed by atoms with Crippen LogP contribution in [0.25, 0.3) is 0 Å².